The van der Waals surface area contributed by atoms with Crippen LogP contribution in [-0.4, -0.2) is 17.5 Å². The van der Waals surface area contributed by atoms with Gasteiger partial charge in [-0.05, 0) is 50.6 Å². The molecular formula is C16H24N2O2. The van der Waals surface area contributed by atoms with Crippen LogP contribution in [0.1, 0.15) is 43.7 Å². The number of piperidine rings is 1. The van der Waals surface area contributed by atoms with E-state index in [1.807, 2.05) is 12.1 Å². The third kappa shape index (κ3) is 3.79. The molecular weight excluding hydrogens is 252 g/mol. The molecule has 1 aromatic carbocycles. The number of nitrogens with zero attached hydrogens (tertiary/aromatic N) is 1. The van der Waals surface area contributed by atoms with Crippen LogP contribution >= 0.6 is 0 Å². The monoisotopic (exact) mass is 276 g/mol. The molecule has 0 amide bonds. The number of nitrogens with one attached hydrogen (secondary N) is 1. The third-order valence-electron chi connectivity index (χ3n) is 4.43. The molecule has 2 rings (SSSR count). The van der Waals surface area contributed by atoms with Crippen molar-refractivity contribution >= 4 is 5.69 Å². The van der Waals surface area contributed by atoms with Crippen LogP contribution in [0, 0.1) is 23.0 Å². The fourth-order valence-electron chi connectivity index (χ4n) is 3.03. The molecule has 1 heterocycles. The number of nitro groups is 1. The fraction of sp³-hybridized carbons (Fsp3) is 0.625. The predicted molar refractivity (Wildman–Crippen MR) is 81.0 cm³/mol. The zero-order chi connectivity index (χ0) is 14.5. The van der Waals surface area contributed by atoms with E-state index in [0.29, 0.717) is 6.04 Å². The minimum absolute atomic E-state index is 0.241. The van der Waals surface area contributed by atoms with Crippen molar-refractivity contribution in [2.24, 2.45) is 5.92 Å². The molecule has 0 saturated carbocycles. The minimum Gasteiger partial charge on any atom is -0.314 e. The van der Waals surface area contributed by atoms with Crippen molar-refractivity contribution < 1.29 is 4.92 Å². The van der Waals surface area contributed by atoms with Crippen LogP contribution in [0.2, 0.25) is 0 Å². The molecule has 20 heavy (non-hydrogen) atoms. The van der Waals surface area contributed by atoms with Gasteiger partial charge in [-0.2, -0.15) is 0 Å². The van der Waals surface area contributed by atoms with Gasteiger partial charge in [0.05, 0.1) is 4.92 Å². The Hall–Kier alpha value is -1.42. The average molecular weight is 276 g/mol. The molecule has 4 heteroatoms. The van der Waals surface area contributed by atoms with Crippen LogP contribution in [0.3, 0.4) is 0 Å². The second kappa shape index (κ2) is 6.84. The van der Waals surface area contributed by atoms with E-state index in [1.54, 1.807) is 13.0 Å². The largest absolute Gasteiger partial charge is 0.314 e. The van der Waals surface area contributed by atoms with Gasteiger partial charge in [0, 0.05) is 17.7 Å². The van der Waals surface area contributed by atoms with Gasteiger partial charge in [-0.25, -0.2) is 0 Å². The summed E-state index contributed by atoms with van der Waals surface area (Å²) in [6.07, 6.45) is 5.76. The predicted octanol–water partition coefficient (Wildman–Crippen LogP) is 3.61. The van der Waals surface area contributed by atoms with Gasteiger partial charge in [-0.3, -0.25) is 10.1 Å². The summed E-state index contributed by atoms with van der Waals surface area (Å²) >= 11 is 0. The number of hydrogen-bond donors (Lipinski definition) is 1. The van der Waals surface area contributed by atoms with E-state index in [0.717, 1.165) is 36.4 Å². The highest BCUT2D eigenvalue weighted by Gasteiger charge is 2.20. The third-order valence-corrected chi connectivity index (χ3v) is 4.43. The molecule has 0 spiro atoms. The number of nitro benzene ring substituents is 1. The van der Waals surface area contributed by atoms with Crippen molar-refractivity contribution in [2.45, 2.75) is 52.0 Å². The van der Waals surface area contributed by atoms with E-state index < -0.39 is 0 Å². The number of rotatable bonds is 5. The van der Waals surface area contributed by atoms with Crippen molar-refractivity contribution in [1.29, 1.82) is 0 Å². The standard InChI is InChI=1S/C16H24N2O2/c1-3-13-8-9-17-15(10-13)7-6-14-5-4-12(2)16(11-14)18(19)20/h4-5,11,13,15,17H,3,6-10H2,1-2H3. The quantitative estimate of drug-likeness (QED) is 0.660. The highest BCUT2D eigenvalue weighted by Crippen LogP contribution is 2.24. The van der Waals surface area contributed by atoms with Gasteiger partial charge in [0.1, 0.15) is 0 Å². The summed E-state index contributed by atoms with van der Waals surface area (Å²) in [6, 6.07) is 6.17. The lowest BCUT2D eigenvalue weighted by atomic mass is 9.88. The van der Waals surface area contributed by atoms with Gasteiger partial charge in [0.2, 0.25) is 0 Å². The lowest BCUT2D eigenvalue weighted by Gasteiger charge is -2.29. The molecule has 0 aliphatic carbocycles. The van der Waals surface area contributed by atoms with Gasteiger partial charge in [0.15, 0.2) is 0 Å². The Kier molecular flexibility index (Phi) is 5.12. The molecule has 1 saturated heterocycles. The summed E-state index contributed by atoms with van der Waals surface area (Å²) in [7, 11) is 0. The molecule has 1 aromatic rings. The number of aryl methyl sites for hydroxylation is 2. The van der Waals surface area contributed by atoms with Gasteiger partial charge < -0.3 is 5.32 Å². The summed E-state index contributed by atoms with van der Waals surface area (Å²) in [5, 5.41) is 14.5. The van der Waals surface area contributed by atoms with Crippen molar-refractivity contribution in [3.05, 3.63) is 39.4 Å². The summed E-state index contributed by atoms with van der Waals surface area (Å²) < 4.78 is 0. The average Bonchev–Trinajstić information content (AvgIpc) is 2.46. The zero-order valence-corrected chi connectivity index (χ0v) is 12.4. The second-order valence-corrected chi connectivity index (χ2v) is 5.87. The van der Waals surface area contributed by atoms with E-state index in [2.05, 4.69) is 12.2 Å². The topological polar surface area (TPSA) is 55.2 Å². The van der Waals surface area contributed by atoms with Crippen molar-refractivity contribution in [3.63, 3.8) is 0 Å². The fourth-order valence-corrected chi connectivity index (χ4v) is 3.03. The van der Waals surface area contributed by atoms with Crippen LogP contribution in [0.25, 0.3) is 0 Å². The maximum Gasteiger partial charge on any atom is 0.272 e. The van der Waals surface area contributed by atoms with Crippen LogP contribution in [-0.2, 0) is 6.42 Å². The molecule has 0 bridgehead atoms. The Morgan fingerprint density at radius 2 is 2.25 bits per heavy atom. The SMILES string of the molecule is CCC1CCNC(CCc2ccc(C)c([N+](=O)[O-])c2)C1. The van der Waals surface area contributed by atoms with Crippen LogP contribution in [0.5, 0.6) is 0 Å². The highest BCUT2D eigenvalue weighted by atomic mass is 16.6. The molecule has 0 radical (unpaired) electrons. The highest BCUT2D eigenvalue weighted by molar-refractivity contribution is 5.42. The lowest BCUT2D eigenvalue weighted by Crippen LogP contribution is -2.38. The Morgan fingerprint density at radius 1 is 1.45 bits per heavy atom. The summed E-state index contributed by atoms with van der Waals surface area (Å²) in [4.78, 5) is 10.7. The molecule has 0 aromatic heterocycles. The summed E-state index contributed by atoms with van der Waals surface area (Å²) in [6.45, 7) is 5.16. The zero-order valence-electron chi connectivity index (χ0n) is 12.4. The normalized spacial score (nSPS) is 22.7. The van der Waals surface area contributed by atoms with E-state index in [1.165, 1.54) is 19.3 Å². The van der Waals surface area contributed by atoms with E-state index in [-0.39, 0.29) is 10.6 Å². The number of benzene rings is 1. The van der Waals surface area contributed by atoms with Crippen LogP contribution < -0.4 is 5.32 Å². The Bertz CT molecular complexity index is 474. The summed E-state index contributed by atoms with van der Waals surface area (Å²) in [5.41, 5.74) is 2.05. The van der Waals surface area contributed by atoms with E-state index in [4.69, 9.17) is 0 Å². The van der Waals surface area contributed by atoms with E-state index in [9.17, 15) is 10.1 Å². The van der Waals surface area contributed by atoms with Gasteiger partial charge >= 0.3 is 0 Å². The second-order valence-electron chi connectivity index (χ2n) is 5.87. The molecule has 110 valence electrons. The molecule has 1 aliphatic rings. The first-order valence-corrected chi connectivity index (χ1v) is 7.57. The van der Waals surface area contributed by atoms with Crippen LogP contribution in [0.15, 0.2) is 18.2 Å². The first-order chi connectivity index (χ1) is 9.60. The van der Waals surface area contributed by atoms with Crippen molar-refractivity contribution in [2.75, 3.05) is 6.54 Å². The van der Waals surface area contributed by atoms with Crippen molar-refractivity contribution in [3.8, 4) is 0 Å². The number of hydrogen-bond acceptors (Lipinski definition) is 3. The van der Waals surface area contributed by atoms with Gasteiger partial charge in [-0.1, -0.05) is 25.5 Å². The van der Waals surface area contributed by atoms with Gasteiger partial charge in [0.25, 0.3) is 5.69 Å². The molecule has 1 N–H and O–H groups in total. The molecule has 1 fully saturated rings. The Balaban J connectivity index is 1.93. The van der Waals surface area contributed by atoms with E-state index >= 15 is 0 Å². The minimum atomic E-state index is -0.287. The first kappa shape index (κ1) is 15.0. The van der Waals surface area contributed by atoms with Gasteiger partial charge in [-0.15, -0.1) is 0 Å². The Labute approximate surface area is 120 Å². The maximum absolute atomic E-state index is 11.0. The Morgan fingerprint density at radius 3 is 2.95 bits per heavy atom. The maximum atomic E-state index is 11.0. The first-order valence-electron chi connectivity index (χ1n) is 7.57. The molecule has 2 unspecified atom stereocenters. The van der Waals surface area contributed by atoms with Crippen molar-refractivity contribution in [1.82, 2.24) is 5.32 Å². The lowest BCUT2D eigenvalue weighted by molar-refractivity contribution is -0.385. The van der Waals surface area contributed by atoms with Crippen LogP contribution in [0.4, 0.5) is 5.69 Å². The molecule has 4 nitrogen and oxygen atoms in total. The molecule has 1 aliphatic heterocycles. The summed E-state index contributed by atoms with van der Waals surface area (Å²) in [5.74, 6) is 0.841. The smallest absolute Gasteiger partial charge is 0.272 e. The molecule has 2 atom stereocenters.